The minimum Gasteiger partial charge on any atom is -0.273 e. The first-order chi connectivity index (χ1) is 10.2. The van der Waals surface area contributed by atoms with Crippen LogP contribution < -0.4 is 5.84 Å². The van der Waals surface area contributed by atoms with Crippen molar-refractivity contribution in [1.82, 2.24) is 4.41 Å². The molecule has 0 aliphatic rings. The van der Waals surface area contributed by atoms with Crippen LogP contribution in [0.2, 0.25) is 0 Å². The summed E-state index contributed by atoms with van der Waals surface area (Å²) in [4.78, 5) is 11.4. The van der Waals surface area contributed by atoms with Gasteiger partial charge in [-0.3, -0.25) is 4.79 Å². The molecule has 1 amide bonds. The molecule has 0 radical (unpaired) electrons. The Labute approximate surface area is 130 Å². The number of amides is 1. The summed E-state index contributed by atoms with van der Waals surface area (Å²) in [5, 5.41) is 0. The van der Waals surface area contributed by atoms with Crippen molar-refractivity contribution in [2.45, 2.75) is 25.7 Å². The van der Waals surface area contributed by atoms with Crippen molar-refractivity contribution >= 4 is 15.9 Å². The minimum atomic E-state index is -4.08. The van der Waals surface area contributed by atoms with Gasteiger partial charge in [-0.2, -0.15) is 12.8 Å². The second kappa shape index (κ2) is 5.90. The van der Waals surface area contributed by atoms with Crippen molar-refractivity contribution in [2.75, 3.05) is 0 Å². The molecule has 0 aromatic heterocycles. The number of benzene rings is 2. The molecule has 0 aliphatic carbocycles. The zero-order valence-electron chi connectivity index (χ0n) is 12.7. The molecular formula is C16H18N2O3S. The van der Waals surface area contributed by atoms with Crippen LogP contribution in [0.3, 0.4) is 0 Å². The molecule has 0 atom stereocenters. The maximum Gasteiger partial charge on any atom is 0.280 e. The smallest absolute Gasteiger partial charge is 0.273 e. The van der Waals surface area contributed by atoms with E-state index < -0.39 is 15.9 Å². The molecule has 0 bridgehead atoms. The van der Waals surface area contributed by atoms with Crippen LogP contribution in [-0.4, -0.2) is 18.7 Å². The number of carbonyl (C=O) groups is 1. The first-order valence-corrected chi connectivity index (χ1v) is 8.16. The fourth-order valence-corrected chi connectivity index (χ4v) is 3.35. The summed E-state index contributed by atoms with van der Waals surface area (Å²) in [6, 6.07) is 12.4. The van der Waals surface area contributed by atoms with Crippen LogP contribution in [0.4, 0.5) is 0 Å². The molecule has 0 spiro atoms. The molecule has 5 nitrogen and oxygen atoms in total. The Morgan fingerprint density at radius 3 is 2.09 bits per heavy atom. The Balaban J connectivity index is 2.68. The Morgan fingerprint density at radius 1 is 1.00 bits per heavy atom. The average Bonchev–Trinajstić information content (AvgIpc) is 2.46. The molecule has 22 heavy (non-hydrogen) atoms. The minimum absolute atomic E-state index is 0.0136. The lowest BCUT2D eigenvalue weighted by Crippen LogP contribution is -2.41. The van der Waals surface area contributed by atoms with Crippen molar-refractivity contribution in [2.24, 2.45) is 5.84 Å². The van der Waals surface area contributed by atoms with E-state index >= 15 is 0 Å². The highest BCUT2D eigenvalue weighted by atomic mass is 32.2. The van der Waals surface area contributed by atoms with Crippen molar-refractivity contribution in [3.63, 3.8) is 0 Å². The van der Waals surface area contributed by atoms with Crippen LogP contribution in [0.1, 0.15) is 18.1 Å². The molecule has 0 saturated heterocycles. The van der Waals surface area contributed by atoms with E-state index in [1.165, 1.54) is 6.07 Å². The van der Waals surface area contributed by atoms with E-state index in [-0.39, 0.29) is 9.31 Å². The van der Waals surface area contributed by atoms with Crippen LogP contribution >= 0.6 is 0 Å². The van der Waals surface area contributed by atoms with E-state index in [4.69, 9.17) is 5.84 Å². The van der Waals surface area contributed by atoms with Gasteiger partial charge >= 0.3 is 0 Å². The Bertz CT molecular complexity index is 812. The molecule has 2 aromatic carbocycles. The molecule has 2 N–H and O–H groups in total. The maximum absolute atomic E-state index is 12.5. The van der Waals surface area contributed by atoms with Gasteiger partial charge in [-0.1, -0.05) is 47.5 Å². The van der Waals surface area contributed by atoms with Crippen LogP contribution in [0.5, 0.6) is 0 Å². The quantitative estimate of drug-likeness (QED) is 0.535. The van der Waals surface area contributed by atoms with Crippen molar-refractivity contribution in [3.8, 4) is 11.1 Å². The molecule has 0 fully saturated rings. The zero-order valence-corrected chi connectivity index (χ0v) is 13.5. The topological polar surface area (TPSA) is 80.5 Å². The zero-order chi connectivity index (χ0) is 16.5. The van der Waals surface area contributed by atoms with Gasteiger partial charge in [0, 0.05) is 12.5 Å². The van der Waals surface area contributed by atoms with Crippen molar-refractivity contribution in [3.05, 3.63) is 53.6 Å². The Hall–Kier alpha value is -2.18. The van der Waals surface area contributed by atoms with E-state index in [1.54, 1.807) is 12.1 Å². The summed E-state index contributed by atoms with van der Waals surface area (Å²) in [6.07, 6.45) is 0. The molecular weight excluding hydrogens is 300 g/mol. The normalized spacial score (nSPS) is 11.3. The fourth-order valence-electron chi connectivity index (χ4n) is 2.10. The molecule has 0 aliphatic heterocycles. The second-order valence-corrected chi connectivity index (χ2v) is 6.97. The van der Waals surface area contributed by atoms with Gasteiger partial charge in [0.25, 0.3) is 10.0 Å². The Morgan fingerprint density at radius 2 is 1.55 bits per heavy atom. The van der Waals surface area contributed by atoms with Gasteiger partial charge in [0.2, 0.25) is 5.91 Å². The van der Waals surface area contributed by atoms with Crippen molar-refractivity contribution < 1.29 is 13.2 Å². The van der Waals surface area contributed by atoms with Crippen LogP contribution in [0.25, 0.3) is 11.1 Å². The lowest BCUT2D eigenvalue weighted by atomic mass is 10.0. The molecule has 116 valence electrons. The predicted molar refractivity (Wildman–Crippen MR) is 85.2 cm³/mol. The molecule has 0 heterocycles. The van der Waals surface area contributed by atoms with E-state index in [9.17, 15) is 13.2 Å². The summed E-state index contributed by atoms with van der Waals surface area (Å²) in [7, 11) is -4.08. The first-order valence-electron chi connectivity index (χ1n) is 6.72. The molecule has 0 saturated carbocycles. The summed E-state index contributed by atoms with van der Waals surface area (Å²) in [5.74, 6) is 4.69. The van der Waals surface area contributed by atoms with Gasteiger partial charge < -0.3 is 0 Å². The highest BCUT2D eigenvalue weighted by Crippen LogP contribution is 2.30. The van der Waals surface area contributed by atoms with Crippen molar-refractivity contribution in [1.29, 1.82) is 0 Å². The van der Waals surface area contributed by atoms with Gasteiger partial charge in [-0.25, -0.2) is 5.84 Å². The monoisotopic (exact) mass is 318 g/mol. The molecule has 0 unspecified atom stereocenters. The summed E-state index contributed by atoms with van der Waals surface area (Å²) in [5.41, 5.74) is 3.27. The molecule has 2 aromatic rings. The van der Waals surface area contributed by atoms with Gasteiger partial charge in [-0.15, -0.1) is 0 Å². The SMILES string of the molecule is CC(=O)N(N)S(=O)(=O)c1ccc(C)cc1-c1ccc(C)cc1. The number of nitrogens with zero attached hydrogens (tertiary/aromatic N) is 1. The third-order valence-electron chi connectivity index (χ3n) is 3.34. The maximum atomic E-state index is 12.5. The highest BCUT2D eigenvalue weighted by molar-refractivity contribution is 7.89. The number of carbonyl (C=O) groups excluding carboxylic acids is 1. The lowest BCUT2D eigenvalue weighted by molar-refractivity contribution is -0.124. The fraction of sp³-hybridized carbons (Fsp3) is 0.188. The summed E-state index contributed by atoms with van der Waals surface area (Å²) < 4.78 is 25.3. The average molecular weight is 318 g/mol. The number of hydrogen-bond acceptors (Lipinski definition) is 4. The van der Waals surface area contributed by atoms with Gasteiger partial charge in [-0.05, 0) is 25.5 Å². The third-order valence-corrected chi connectivity index (χ3v) is 5.03. The third kappa shape index (κ3) is 3.03. The van der Waals surface area contributed by atoms with Gasteiger partial charge in [0.1, 0.15) is 0 Å². The second-order valence-electron chi connectivity index (χ2n) is 5.19. The van der Waals surface area contributed by atoms with Gasteiger partial charge in [0.15, 0.2) is 0 Å². The number of rotatable bonds is 3. The predicted octanol–water partition coefficient (Wildman–Crippen LogP) is 2.38. The standard InChI is InChI=1S/C16H18N2O3S/c1-11-4-7-14(8-5-11)15-10-12(2)6-9-16(15)22(20,21)18(17)13(3)19/h4-10H,17H2,1-3H3. The van der Waals surface area contributed by atoms with E-state index in [2.05, 4.69) is 0 Å². The largest absolute Gasteiger partial charge is 0.280 e. The van der Waals surface area contributed by atoms with E-state index in [0.717, 1.165) is 23.6 Å². The first kappa shape index (κ1) is 16.2. The molecule has 2 rings (SSSR count). The number of hydrazine groups is 1. The summed E-state index contributed by atoms with van der Waals surface area (Å²) in [6.45, 7) is 4.94. The van der Waals surface area contributed by atoms with E-state index in [0.29, 0.717) is 5.56 Å². The Kier molecular flexibility index (Phi) is 4.35. The molecule has 6 heteroatoms. The van der Waals surface area contributed by atoms with Crippen LogP contribution in [0, 0.1) is 13.8 Å². The van der Waals surface area contributed by atoms with Crippen LogP contribution in [0.15, 0.2) is 47.4 Å². The number of hydrogen-bond donors (Lipinski definition) is 1. The highest BCUT2D eigenvalue weighted by Gasteiger charge is 2.27. The van der Waals surface area contributed by atoms with Crippen LogP contribution in [-0.2, 0) is 14.8 Å². The summed E-state index contributed by atoms with van der Waals surface area (Å²) >= 11 is 0. The number of aryl methyl sites for hydroxylation is 2. The van der Waals surface area contributed by atoms with Gasteiger partial charge in [0.05, 0.1) is 4.90 Å². The van der Waals surface area contributed by atoms with E-state index in [1.807, 2.05) is 38.1 Å². The lowest BCUT2D eigenvalue weighted by Gasteiger charge is -2.18. The number of sulfonamides is 1. The number of nitrogens with two attached hydrogens (primary N) is 1.